The van der Waals surface area contributed by atoms with Crippen LogP contribution in [-0.2, 0) is 6.42 Å². The average Bonchev–Trinajstić information content (AvgIpc) is 2.97. The van der Waals surface area contributed by atoms with Crippen molar-refractivity contribution in [3.05, 3.63) is 22.5 Å². The fourth-order valence-electron chi connectivity index (χ4n) is 3.43. The summed E-state index contributed by atoms with van der Waals surface area (Å²) in [6.07, 6.45) is 8.63. The van der Waals surface area contributed by atoms with Gasteiger partial charge in [0.25, 0.3) is 0 Å². The molecule has 3 rings (SSSR count). The van der Waals surface area contributed by atoms with Gasteiger partial charge in [0, 0.05) is 16.9 Å². The summed E-state index contributed by atoms with van der Waals surface area (Å²) in [4.78, 5) is 12.0. The first-order valence-electron chi connectivity index (χ1n) is 8.86. The Balaban J connectivity index is 1.89. The van der Waals surface area contributed by atoms with Gasteiger partial charge < -0.3 is 5.11 Å². The van der Waals surface area contributed by atoms with Gasteiger partial charge in [0.1, 0.15) is 10.7 Å². The summed E-state index contributed by atoms with van der Waals surface area (Å²) in [5.74, 6) is 1.59. The van der Waals surface area contributed by atoms with Gasteiger partial charge >= 0.3 is 0 Å². The third kappa shape index (κ3) is 3.92. The number of aliphatic hydroxyl groups excluding tert-OH is 1. The van der Waals surface area contributed by atoms with Crippen molar-refractivity contribution in [1.29, 1.82) is 0 Å². The second kappa shape index (κ2) is 6.86. The van der Waals surface area contributed by atoms with Gasteiger partial charge in [-0.15, -0.1) is 11.3 Å². The van der Waals surface area contributed by atoms with Gasteiger partial charge in [-0.1, -0.05) is 33.1 Å². The second-order valence-electron chi connectivity index (χ2n) is 7.74. The van der Waals surface area contributed by atoms with E-state index in [9.17, 15) is 5.11 Å². The van der Waals surface area contributed by atoms with Crippen LogP contribution in [0.5, 0.6) is 0 Å². The van der Waals surface area contributed by atoms with Crippen molar-refractivity contribution in [2.45, 2.75) is 71.6 Å². The molecule has 126 valence electrons. The first kappa shape index (κ1) is 16.8. The minimum atomic E-state index is -0.0482. The van der Waals surface area contributed by atoms with Crippen LogP contribution in [0.1, 0.15) is 74.7 Å². The fourth-order valence-corrected chi connectivity index (χ4v) is 4.70. The molecule has 0 bridgehead atoms. The van der Waals surface area contributed by atoms with E-state index in [-0.39, 0.29) is 12.0 Å². The molecule has 0 saturated heterocycles. The molecular formula is C19H28N2OS. The zero-order chi connectivity index (χ0) is 16.4. The van der Waals surface area contributed by atoms with Crippen molar-refractivity contribution in [3.63, 3.8) is 0 Å². The molecule has 0 amide bonds. The summed E-state index contributed by atoms with van der Waals surface area (Å²) in [6, 6.07) is 2.36. The fraction of sp³-hybridized carbons (Fsp3) is 0.684. The normalized spacial score (nSPS) is 17.0. The Labute approximate surface area is 143 Å². The summed E-state index contributed by atoms with van der Waals surface area (Å²) in [6.45, 7) is 6.43. The van der Waals surface area contributed by atoms with E-state index in [2.05, 4.69) is 24.9 Å². The van der Waals surface area contributed by atoms with E-state index in [0.717, 1.165) is 35.1 Å². The lowest BCUT2D eigenvalue weighted by molar-refractivity contribution is 0.150. The molecule has 2 aromatic rings. The molecule has 0 unspecified atom stereocenters. The largest absolute Gasteiger partial charge is 0.396 e. The van der Waals surface area contributed by atoms with Gasteiger partial charge in [-0.2, -0.15) is 0 Å². The topological polar surface area (TPSA) is 46.0 Å². The Kier molecular flexibility index (Phi) is 5.02. The molecule has 0 atom stereocenters. The predicted molar refractivity (Wildman–Crippen MR) is 97.2 cm³/mol. The lowest BCUT2D eigenvalue weighted by Crippen LogP contribution is -2.17. The Bertz CT molecular complexity index is 671. The maximum absolute atomic E-state index is 9.48. The molecule has 1 fully saturated rings. The molecule has 23 heavy (non-hydrogen) atoms. The van der Waals surface area contributed by atoms with Crippen LogP contribution in [0.3, 0.4) is 0 Å². The van der Waals surface area contributed by atoms with E-state index in [4.69, 9.17) is 4.98 Å². The monoisotopic (exact) mass is 332 g/mol. The first-order valence-corrected chi connectivity index (χ1v) is 9.68. The van der Waals surface area contributed by atoms with Crippen LogP contribution in [0, 0.1) is 12.3 Å². The van der Waals surface area contributed by atoms with Crippen LogP contribution in [0.2, 0.25) is 0 Å². The molecule has 0 spiro atoms. The highest BCUT2D eigenvalue weighted by atomic mass is 32.1. The molecular weight excluding hydrogens is 304 g/mol. The van der Waals surface area contributed by atoms with Gasteiger partial charge in [0.2, 0.25) is 0 Å². The van der Waals surface area contributed by atoms with E-state index in [0.29, 0.717) is 0 Å². The predicted octanol–water partition coefficient (Wildman–Crippen LogP) is 5.00. The van der Waals surface area contributed by atoms with Crippen LogP contribution < -0.4 is 0 Å². The zero-order valence-electron chi connectivity index (χ0n) is 14.6. The number of fused-ring (bicyclic) bond motifs is 1. The van der Waals surface area contributed by atoms with Crippen LogP contribution in [-0.4, -0.2) is 21.7 Å². The average molecular weight is 333 g/mol. The van der Waals surface area contributed by atoms with Crippen molar-refractivity contribution < 1.29 is 5.11 Å². The Morgan fingerprint density at radius 3 is 2.65 bits per heavy atom. The third-order valence-electron chi connectivity index (χ3n) is 5.08. The lowest BCUT2D eigenvalue weighted by atomic mass is 9.87. The Morgan fingerprint density at radius 1 is 1.22 bits per heavy atom. The van der Waals surface area contributed by atoms with E-state index in [1.807, 2.05) is 18.3 Å². The summed E-state index contributed by atoms with van der Waals surface area (Å²) in [5.41, 5.74) is 1.11. The molecule has 2 heterocycles. The van der Waals surface area contributed by atoms with Crippen molar-refractivity contribution in [1.82, 2.24) is 9.97 Å². The molecule has 0 aromatic carbocycles. The number of hydrogen-bond donors (Lipinski definition) is 1. The highest BCUT2D eigenvalue weighted by Crippen LogP contribution is 2.39. The maximum Gasteiger partial charge on any atom is 0.127 e. The highest BCUT2D eigenvalue weighted by Gasteiger charge is 2.21. The van der Waals surface area contributed by atoms with E-state index in [1.54, 1.807) is 0 Å². The van der Waals surface area contributed by atoms with Crippen LogP contribution in [0.4, 0.5) is 0 Å². The molecule has 2 aromatic heterocycles. The van der Waals surface area contributed by atoms with Gasteiger partial charge in [-0.3, -0.25) is 0 Å². The number of aromatic nitrogens is 2. The van der Waals surface area contributed by atoms with E-state index < -0.39 is 0 Å². The molecule has 1 N–H and O–H groups in total. The number of thiophene rings is 1. The standard InChI is InChI=1S/C19H28N2OS/c1-13-20-16(9-10-19(2,3)12-22)15-11-17(23-18(15)21-13)14-7-5-4-6-8-14/h11,14,22H,4-10,12H2,1-3H3. The molecule has 0 radical (unpaired) electrons. The van der Waals surface area contributed by atoms with Gasteiger partial charge in [0.15, 0.2) is 0 Å². The molecule has 0 aliphatic heterocycles. The van der Waals surface area contributed by atoms with E-state index in [1.165, 1.54) is 42.4 Å². The van der Waals surface area contributed by atoms with Gasteiger partial charge in [0.05, 0.1) is 5.69 Å². The third-order valence-corrected chi connectivity index (χ3v) is 6.27. The summed E-state index contributed by atoms with van der Waals surface area (Å²) >= 11 is 1.87. The molecule has 3 nitrogen and oxygen atoms in total. The summed E-state index contributed by atoms with van der Waals surface area (Å²) in [7, 11) is 0. The van der Waals surface area contributed by atoms with Crippen LogP contribution >= 0.6 is 11.3 Å². The Morgan fingerprint density at radius 2 is 1.96 bits per heavy atom. The minimum absolute atomic E-state index is 0.0482. The van der Waals surface area contributed by atoms with Gasteiger partial charge in [-0.25, -0.2) is 9.97 Å². The van der Waals surface area contributed by atoms with Crippen molar-refractivity contribution >= 4 is 21.6 Å². The molecule has 1 aliphatic carbocycles. The molecule has 4 heteroatoms. The van der Waals surface area contributed by atoms with Crippen molar-refractivity contribution in [3.8, 4) is 0 Å². The number of hydrogen-bond acceptors (Lipinski definition) is 4. The minimum Gasteiger partial charge on any atom is -0.396 e. The summed E-state index contributed by atoms with van der Waals surface area (Å²) in [5, 5.41) is 10.7. The van der Waals surface area contributed by atoms with Crippen molar-refractivity contribution in [2.75, 3.05) is 6.61 Å². The Hall–Kier alpha value is -1.00. The molecule has 1 saturated carbocycles. The highest BCUT2D eigenvalue weighted by molar-refractivity contribution is 7.18. The number of aryl methyl sites for hydroxylation is 2. The van der Waals surface area contributed by atoms with Gasteiger partial charge in [-0.05, 0) is 50.0 Å². The lowest BCUT2D eigenvalue weighted by Gasteiger charge is -2.21. The SMILES string of the molecule is Cc1nc(CCC(C)(C)CO)c2cc(C3CCCCC3)sc2n1. The van der Waals surface area contributed by atoms with E-state index >= 15 is 0 Å². The first-order chi connectivity index (χ1) is 11.0. The number of aliphatic hydroxyl groups is 1. The van der Waals surface area contributed by atoms with Crippen LogP contribution in [0.15, 0.2) is 6.07 Å². The second-order valence-corrected chi connectivity index (χ2v) is 8.80. The number of rotatable bonds is 5. The van der Waals surface area contributed by atoms with Crippen LogP contribution in [0.25, 0.3) is 10.2 Å². The summed E-state index contributed by atoms with van der Waals surface area (Å²) < 4.78 is 0. The molecule has 1 aliphatic rings. The smallest absolute Gasteiger partial charge is 0.127 e. The van der Waals surface area contributed by atoms with Crippen molar-refractivity contribution in [2.24, 2.45) is 5.41 Å². The maximum atomic E-state index is 9.48. The quantitative estimate of drug-likeness (QED) is 0.838. The number of nitrogens with zero attached hydrogens (tertiary/aromatic N) is 2. The zero-order valence-corrected chi connectivity index (χ0v) is 15.4.